The zero-order chi connectivity index (χ0) is 14.6. The number of aromatic nitrogens is 2. The minimum atomic E-state index is -3.71. The van der Waals surface area contributed by atoms with Gasteiger partial charge in [0.25, 0.3) is 10.0 Å². The summed E-state index contributed by atoms with van der Waals surface area (Å²) >= 11 is 0. The summed E-state index contributed by atoms with van der Waals surface area (Å²) in [6.45, 7) is 0.121. The van der Waals surface area contributed by atoms with E-state index in [2.05, 4.69) is 9.82 Å². The van der Waals surface area contributed by atoms with Crippen LogP contribution in [0.5, 0.6) is 0 Å². The molecule has 7 nitrogen and oxygen atoms in total. The molecule has 106 valence electrons. The first-order chi connectivity index (χ1) is 9.47. The van der Waals surface area contributed by atoms with Crippen LogP contribution in [0.4, 0.5) is 5.69 Å². The predicted molar refractivity (Wildman–Crippen MR) is 71.7 cm³/mol. The molecule has 0 atom stereocenters. The number of hydrogen-bond donors (Lipinski definition) is 2. The van der Waals surface area contributed by atoms with E-state index in [-0.39, 0.29) is 17.9 Å². The highest BCUT2D eigenvalue weighted by atomic mass is 32.2. The monoisotopic (exact) mass is 295 g/mol. The first kappa shape index (κ1) is 14.1. The van der Waals surface area contributed by atoms with Gasteiger partial charge in [-0.15, -0.1) is 0 Å². The smallest absolute Gasteiger partial charge is 0.305 e. The van der Waals surface area contributed by atoms with Crippen molar-refractivity contribution in [1.82, 2.24) is 9.78 Å². The number of nitrogens with zero attached hydrogens (tertiary/aromatic N) is 2. The van der Waals surface area contributed by atoms with E-state index in [1.54, 1.807) is 30.3 Å². The number of hydrogen-bond acceptors (Lipinski definition) is 4. The molecule has 0 aliphatic carbocycles. The van der Waals surface area contributed by atoms with Crippen LogP contribution in [0.2, 0.25) is 0 Å². The normalized spacial score (nSPS) is 11.2. The second kappa shape index (κ2) is 5.74. The van der Waals surface area contributed by atoms with Crippen molar-refractivity contribution in [3.8, 4) is 0 Å². The van der Waals surface area contributed by atoms with Gasteiger partial charge in [0.05, 0.1) is 19.2 Å². The molecule has 2 rings (SSSR count). The van der Waals surface area contributed by atoms with Gasteiger partial charge in [-0.3, -0.25) is 14.2 Å². The number of sulfonamides is 1. The minimum absolute atomic E-state index is 0.00765. The van der Waals surface area contributed by atoms with E-state index in [0.717, 1.165) is 0 Å². The number of para-hydroxylation sites is 1. The summed E-state index contributed by atoms with van der Waals surface area (Å²) in [4.78, 5) is 10.4. The average Bonchev–Trinajstić information content (AvgIpc) is 2.86. The lowest BCUT2D eigenvalue weighted by Gasteiger charge is -2.05. The fourth-order valence-corrected chi connectivity index (χ4v) is 2.55. The summed E-state index contributed by atoms with van der Waals surface area (Å²) in [5.74, 6) is -0.965. The summed E-state index contributed by atoms with van der Waals surface area (Å²) in [5.41, 5.74) is 0.450. The highest BCUT2D eigenvalue weighted by Crippen LogP contribution is 2.14. The van der Waals surface area contributed by atoms with Crippen molar-refractivity contribution in [2.75, 3.05) is 4.72 Å². The number of nitrogens with one attached hydrogen (secondary N) is 1. The van der Waals surface area contributed by atoms with Crippen LogP contribution in [0.3, 0.4) is 0 Å². The summed E-state index contributed by atoms with van der Waals surface area (Å²) in [6.07, 6.45) is 2.37. The quantitative estimate of drug-likeness (QED) is 0.832. The third-order valence-corrected chi connectivity index (χ3v) is 3.84. The lowest BCUT2D eigenvalue weighted by Crippen LogP contribution is -2.12. The standard InChI is InChI=1S/C12H13N3O4S/c16-12(17)6-7-15-9-11(8-13-15)20(18,19)14-10-4-2-1-3-5-10/h1-5,8-9,14H,6-7H2,(H,16,17). The first-order valence-corrected chi connectivity index (χ1v) is 7.28. The van der Waals surface area contributed by atoms with E-state index in [4.69, 9.17) is 5.11 Å². The van der Waals surface area contributed by atoms with Gasteiger partial charge in [-0.1, -0.05) is 18.2 Å². The van der Waals surface area contributed by atoms with E-state index in [9.17, 15) is 13.2 Å². The lowest BCUT2D eigenvalue weighted by molar-refractivity contribution is -0.137. The Labute approximate surface area is 115 Å². The fourth-order valence-electron chi connectivity index (χ4n) is 1.54. The predicted octanol–water partition coefficient (Wildman–Crippen LogP) is 1.16. The van der Waals surface area contributed by atoms with Gasteiger partial charge in [0.15, 0.2) is 0 Å². The van der Waals surface area contributed by atoms with Crippen LogP contribution in [-0.2, 0) is 21.4 Å². The fraction of sp³-hybridized carbons (Fsp3) is 0.167. The van der Waals surface area contributed by atoms with Crippen molar-refractivity contribution < 1.29 is 18.3 Å². The van der Waals surface area contributed by atoms with Gasteiger partial charge < -0.3 is 5.11 Å². The first-order valence-electron chi connectivity index (χ1n) is 5.79. The maximum Gasteiger partial charge on any atom is 0.305 e. The number of carbonyl (C=O) groups is 1. The molecular formula is C12H13N3O4S. The molecule has 0 saturated carbocycles. The third kappa shape index (κ3) is 3.58. The lowest BCUT2D eigenvalue weighted by atomic mass is 10.3. The van der Waals surface area contributed by atoms with Crippen LogP contribution in [0.1, 0.15) is 6.42 Å². The molecule has 0 saturated heterocycles. The second-order valence-electron chi connectivity index (χ2n) is 4.05. The zero-order valence-corrected chi connectivity index (χ0v) is 11.2. The summed E-state index contributed by atoms with van der Waals surface area (Å²) < 4.78 is 27.8. The van der Waals surface area contributed by atoms with Crippen LogP contribution in [0.15, 0.2) is 47.6 Å². The average molecular weight is 295 g/mol. The summed E-state index contributed by atoms with van der Waals surface area (Å²) in [7, 11) is -3.71. The maximum atomic E-state index is 12.1. The van der Waals surface area contributed by atoms with Crippen LogP contribution in [0.25, 0.3) is 0 Å². The van der Waals surface area contributed by atoms with Crippen molar-refractivity contribution in [3.05, 3.63) is 42.7 Å². The Hall–Kier alpha value is -2.35. The minimum Gasteiger partial charge on any atom is -0.481 e. The number of benzene rings is 1. The number of aliphatic carboxylic acids is 1. The van der Waals surface area contributed by atoms with Crippen molar-refractivity contribution in [2.45, 2.75) is 17.9 Å². The van der Waals surface area contributed by atoms with Gasteiger partial charge in [-0.25, -0.2) is 8.42 Å². The number of rotatable bonds is 6. The second-order valence-corrected chi connectivity index (χ2v) is 5.74. The maximum absolute atomic E-state index is 12.1. The van der Waals surface area contributed by atoms with Crippen LogP contribution >= 0.6 is 0 Å². The number of anilines is 1. The highest BCUT2D eigenvalue weighted by Gasteiger charge is 2.16. The van der Waals surface area contributed by atoms with E-state index < -0.39 is 16.0 Å². The summed E-state index contributed by atoms with van der Waals surface area (Å²) in [6, 6.07) is 8.48. The number of carboxylic acid groups (broad SMARTS) is 1. The molecule has 0 amide bonds. The molecular weight excluding hydrogens is 282 g/mol. The molecule has 0 fully saturated rings. The van der Waals surface area contributed by atoms with E-state index in [0.29, 0.717) is 5.69 Å². The summed E-state index contributed by atoms with van der Waals surface area (Å²) in [5, 5.41) is 12.4. The Balaban J connectivity index is 2.12. The van der Waals surface area contributed by atoms with Crippen molar-refractivity contribution in [3.63, 3.8) is 0 Å². The van der Waals surface area contributed by atoms with Crippen molar-refractivity contribution >= 4 is 21.7 Å². The Bertz CT molecular complexity index is 695. The molecule has 8 heteroatoms. The Morgan fingerprint density at radius 3 is 2.65 bits per heavy atom. The molecule has 0 radical (unpaired) electrons. The number of aryl methyl sites for hydroxylation is 1. The highest BCUT2D eigenvalue weighted by molar-refractivity contribution is 7.92. The van der Waals surface area contributed by atoms with Crippen LogP contribution < -0.4 is 4.72 Å². The Morgan fingerprint density at radius 2 is 2.00 bits per heavy atom. The molecule has 0 bridgehead atoms. The van der Waals surface area contributed by atoms with Crippen LogP contribution in [0, 0.1) is 0 Å². The van der Waals surface area contributed by atoms with E-state index >= 15 is 0 Å². The van der Waals surface area contributed by atoms with Gasteiger partial charge in [-0.2, -0.15) is 5.10 Å². The van der Waals surface area contributed by atoms with Crippen molar-refractivity contribution in [1.29, 1.82) is 0 Å². The van der Waals surface area contributed by atoms with E-state index in [1.807, 2.05) is 0 Å². The molecule has 0 spiro atoms. The molecule has 2 aromatic rings. The van der Waals surface area contributed by atoms with E-state index in [1.165, 1.54) is 17.1 Å². The van der Waals surface area contributed by atoms with Gasteiger partial charge in [0.1, 0.15) is 4.90 Å². The molecule has 0 aliphatic heterocycles. The molecule has 1 aromatic heterocycles. The molecule has 1 aromatic carbocycles. The zero-order valence-electron chi connectivity index (χ0n) is 10.4. The molecule has 0 unspecified atom stereocenters. The Morgan fingerprint density at radius 1 is 1.30 bits per heavy atom. The van der Waals surface area contributed by atoms with Gasteiger partial charge in [0, 0.05) is 11.9 Å². The third-order valence-electron chi connectivity index (χ3n) is 2.50. The van der Waals surface area contributed by atoms with Gasteiger partial charge >= 0.3 is 5.97 Å². The molecule has 20 heavy (non-hydrogen) atoms. The van der Waals surface area contributed by atoms with Crippen molar-refractivity contribution in [2.24, 2.45) is 0 Å². The largest absolute Gasteiger partial charge is 0.481 e. The molecule has 1 heterocycles. The molecule has 0 aliphatic rings. The SMILES string of the molecule is O=C(O)CCn1cc(S(=O)(=O)Nc2ccccc2)cn1. The van der Waals surface area contributed by atoms with Gasteiger partial charge in [-0.05, 0) is 12.1 Å². The number of carboxylic acids is 1. The Kier molecular flexibility index (Phi) is 4.04. The topological polar surface area (TPSA) is 101 Å². The van der Waals surface area contributed by atoms with Gasteiger partial charge in [0.2, 0.25) is 0 Å². The van der Waals surface area contributed by atoms with Crippen LogP contribution in [-0.4, -0.2) is 29.3 Å². The molecule has 2 N–H and O–H groups in total.